The number of thiol groups is 1. The quantitative estimate of drug-likeness (QED) is 0.426. The summed E-state index contributed by atoms with van der Waals surface area (Å²) in [5, 5.41) is 10.2. The molecule has 7 heteroatoms. The lowest BCUT2D eigenvalue weighted by molar-refractivity contribution is -0.389. The standard InChI is InChI=1S/C6H6N2O4S/c9-8(10)6-2-1-5(3-7-6)4-13(11)12/h1-3,13H,4H2. The van der Waals surface area contributed by atoms with Gasteiger partial charge < -0.3 is 10.1 Å². The third-order valence-corrected chi connectivity index (χ3v) is 1.93. The Morgan fingerprint density at radius 2 is 2.15 bits per heavy atom. The maximum absolute atomic E-state index is 10.3. The minimum absolute atomic E-state index is 0.139. The third kappa shape index (κ3) is 2.79. The van der Waals surface area contributed by atoms with Crippen molar-refractivity contribution < 1.29 is 13.3 Å². The topological polar surface area (TPSA) is 90.2 Å². The zero-order chi connectivity index (χ0) is 9.84. The molecule has 0 bridgehead atoms. The Kier molecular flexibility index (Phi) is 2.91. The van der Waals surface area contributed by atoms with Crippen LogP contribution in [0.4, 0.5) is 5.82 Å². The van der Waals surface area contributed by atoms with E-state index in [0.29, 0.717) is 5.56 Å². The molecule has 0 aliphatic heterocycles. The lowest BCUT2D eigenvalue weighted by atomic mass is 10.3. The van der Waals surface area contributed by atoms with Crippen LogP contribution in [0.3, 0.4) is 0 Å². The van der Waals surface area contributed by atoms with Crippen LogP contribution in [-0.2, 0) is 16.5 Å². The first-order valence-electron chi connectivity index (χ1n) is 3.30. The first kappa shape index (κ1) is 9.59. The summed E-state index contributed by atoms with van der Waals surface area (Å²) in [6.45, 7) is 0. The van der Waals surface area contributed by atoms with E-state index in [4.69, 9.17) is 0 Å². The molecule has 1 aromatic rings. The lowest BCUT2D eigenvalue weighted by Crippen LogP contribution is -1.93. The number of nitrogens with zero attached hydrogens (tertiary/aromatic N) is 2. The van der Waals surface area contributed by atoms with Gasteiger partial charge >= 0.3 is 5.82 Å². The molecule has 0 aliphatic rings. The van der Waals surface area contributed by atoms with Crippen LogP contribution in [-0.4, -0.2) is 18.3 Å². The van der Waals surface area contributed by atoms with Crippen molar-refractivity contribution in [2.75, 3.05) is 0 Å². The maximum atomic E-state index is 10.3. The molecule has 0 spiro atoms. The van der Waals surface area contributed by atoms with Crippen LogP contribution in [0.25, 0.3) is 0 Å². The highest BCUT2D eigenvalue weighted by Gasteiger charge is 2.05. The van der Waals surface area contributed by atoms with Gasteiger partial charge in [0.25, 0.3) is 0 Å². The van der Waals surface area contributed by atoms with Crippen LogP contribution in [0.1, 0.15) is 5.56 Å². The van der Waals surface area contributed by atoms with E-state index >= 15 is 0 Å². The normalized spacial score (nSPS) is 10.2. The largest absolute Gasteiger partial charge is 0.363 e. The van der Waals surface area contributed by atoms with Crippen molar-refractivity contribution in [3.63, 3.8) is 0 Å². The van der Waals surface area contributed by atoms with Crippen molar-refractivity contribution in [1.29, 1.82) is 0 Å². The maximum Gasteiger partial charge on any atom is 0.363 e. The summed E-state index contributed by atoms with van der Waals surface area (Å²) < 4.78 is 20.5. The molecule has 1 rings (SSSR count). The molecular weight excluding hydrogens is 196 g/mol. The second-order valence-electron chi connectivity index (χ2n) is 2.27. The summed E-state index contributed by atoms with van der Waals surface area (Å²) in [5.41, 5.74) is 0.446. The summed E-state index contributed by atoms with van der Waals surface area (Å²) in [6.07, 6.45) is 1.18. The molecule has 0 aliphatic carbocycles. The van der Waals surface area contributed by atoms with Gasteiger partial charge in [0.2, 0.25) is 0 Å². The molecule has 1 aromatic heterocycles. The van der Waals surface area contributed by atoms with E-state index in [1.807, 2.05) is 0 Å². The van der Waals surface area contributed by atoms with Gasteiger partial charge in [0.15, 0.2) is 0 Å². The molecule has 0 N–H and O–H groups in total. The number of hydrogen-bond donors (Lipinski definition) is 1. The van der Waals surface area contributed by atoms with Crippen LogP contribution < -0.4 is 0 Å². The summed E-state index contributed by atoms with van der Waals surface area (Å²) >= 11 is 0. The van der Waals surface area contributed by atoms with E-state index in [9.17, 15) is 18.5 Å². The average molecular weight is 202 g/mol. The molecule has 0 saturated heterocycles. The fourth-order valence-corrected chi connectivity index (χ4v) is 1.25. The van der Waals surface area contributed by atoms with Gasteiger partial charge in [-0.15, -0.1) is 0 Å². The lowest BCUT2D eigenvalue weighted by Gasteiger charge is -1.92. The molecule has 6 nitrogen and oxygen atoms in total. The Morgan fingerprint density at radius 1 is 1.46 bits per heavy atom. The van der Waals surface area contributed by atoms with E-state index in [2.05, 4.69) is 4.98 Å². The number of rotatable bonds is 3. The van der Waals surface area contributed by atoms with E-state index in [1.54, 1.807) is 0 Å². The zero-order valence-corrected chi connectivity index (χ0v) is 7.31. The molecule has 0 amide bonds. The van der Waals surface area contributed by atoms with E-state index in [1.165, 1.54) is 18.3 Å². The van der Waals surface area contributed by atoms with E-state index in [0.717, 1.165) is 0 Å². The van der Waals surface area contributed by atoms with Crippen molar-refractivity contribution >= 4 is 16.5 Å². The summed E-state index contributed by atoms with van der Waals surface area (Å²) in [6, 6.07) is 2.55. The monoisotopic (exact) mass is 202 g/mol. The molecule has 70 valence electrons. The van der Waals surface area contributed by atoms with Gasteiger partial charge in [-0.3, -0.25) is 0 Å². The third-order valence-electron chi connectivity index (χ3n) is 1.31. The van der Waals surface area contributed by atoms with Crippen LogP contribution in [0, 0.1) is 10.1 Å². The first-order chi connectivity index (χ1) is 6.09. The summed E-state index contributed by atoms with van der Waals surface area (Å²) in [5.74, 6) is -0.426. The molecule has 0 aromatic carbocycles. The molecule has 0 unspecified atom stereocenters. The number of pyridine rings is 1. The summed E-state index contributed by atoms with van der Waals surface area (Å²) in [7, 11) is -2.51. The van der Waals surface area contributed by atoms with Gasteiger partial charge in [0, 0.05) is 11.6 Å². The molecule has 13 heavy (non-hydrogen) atoms. The van der Waals surface area contributed by atoms with Crippen molar-refractivity contribution in [2.45, 2.75) is 5.75 Å². The Morgan fingerprint density at radius 3 is 2.54 bits per heavy atom. The van der Waals surface area contributed by atoms with Crippen LogP contribution in [0.15, 0.2) is 18.3 Å². The second kappa shape index (κ2) is 3.94. The Hall–Kier alpha value is -1.50. The Bertz CT molecular complexity index is 376. The fraction of sp³-hybridized carbons (Fsp3) is 0.167. The highest BCUT2D eigenvalue weighted by Crippen LogP contribution is 2.07. The van der Waals surface area contributed by atoms with Crippen molar-refractivity contribution in [3.05, 3.63) is 34.0 Å². The van der Waals surface area contributed by atoms with E-state index < -0.39 is 15.6 Å². The fourth-order valence-electron chi connectivity index (χ4n) is 0.767. The molecule has 0 fully saturated rings. The van der Waals surface area contributed by atoms with Crippen molar-refractivity contribution in [1.82, 2.24) is 4.98 Å². The predicted octanol–water partition coefficient (Wildman–Crippen LogP) is 0.101. The highest BCUT2D eigenvalue weighted by atomic mass is 32.2. The van der Waals surface area contributed by atoms with Crippen LogP contribution in [0.2, 0.25) is 0 Å². The number of hydrogen-bond acceptors (Lipinski definition) is 5. The van der Waals surface area contributed by atoms with Crippen molar-refractivity contribution in [2.24, 2.45) is 0 Å². The minimum atomic E-state index is -2.51. The number of aromatic nitrogens is 1. The SMILES string of the molecule is O=[N+]([O-])c1ccc(C[SH](=O)=O)cn1. The molecule has 1 heterocycles. The van der Waals surface area contributed by atoms with Gasteiger partial charge in [0.1, 0.15) is 16.9 Å². The van der Waals surface area contributed by atoms with Gasteiger partial charge in [-0.2, -0.15) is 0 Å². The molecule has 0 atom stereocenters. The van der Waals surface area contributed by atoms with Gasteiger partial charge in [-0.1, -0.05) is 0 Å². The first-order valence-corrected chi connectivity index (χ1v) is 4.67. The van der Waals surface area contributed by atoms with Gasteiger partial charge in [0.05, 0.1) is 5.75 Å². The van der Waals surface area contributed by atoms with Gasteiger partial charge in [-0.05, 0) is 16.0 Å². The predicted molar refractivity (Wildman–Crippen MR) is 44.9 cm³/mol. The minimum Gasteiger partial charge on any atom is -0.358 e. The zero-order valence-electron chi connectivity index (χ0n) is 6.41. The Labute approximate surface area is 75.3 Å². The van der Waals surface area contributed by atoms with Crippen molar-refractivity contribution in [3.8, 4) is 0 Å². The smallest absolute Gasteiger partial charge is 0.358 e. The summed E-state index contributed by atoms with van der Waals surface area (Å²) in [4.78, 5) is 13.0. The highest BCUT2D eigenvalue weighted by molar-refractivity contribution is 7.71. The average Bonchev–Trinajstić information content (AvgIpc) is 2.04. The molecule has 0 saturated carbocycles. The van der Waals surface area contributed by atoms with E-state index in [-0.39, 0.29) is 11.6 Å². The van der Waals surface area contributed by atoms with Crippen LogP contribution >= 0.6 is 0 Å². The van der Waals surface area contributed by atoms with Crippen LogP contribution in [0.5, 0.6) is 0 Å². The molecule has 0 radical (unpaired) electrons. The second-order valence-corrected chi connectivity index (χ2v) is 3.25. The molecular formula is C6H6N2O4S. The Balaban J connectivity index is 2.87. The number of nitro groups is 1. The van der Waals surface area contributed by atoms with Gasteiger partial charge in [-0.25, -0.2) is 8.42 Å².